The van der Waals surface area contributed by atoms with E-state index in [1.54, 1.807) is 13.8 Å². The highest BCUT2D eigenvalue weighted by molar-refractivity contribution is 5.42. The highest BCUT2D eigenvalue weighted by atomic mass is 19.4. The molecule has 0 saturated carbocycles. The van der Waals surface area contributed by atoms with Gasteiger partial charge in [-0.25, -0.2) is 4.39 Å². The van der Waals surface area contributed by atoms with Crippen LogP contribution in [0, 0.1) is 24.5 Å². The number of hydrogen-bond donors (Lipinski definition) is 1. The number of aryl methyl sites for hydroxylation is 1. The first-order valence-electron chi connectivity index (χ1n) is 10.8. The number of rotatable bonds is 6. The maximum absolute atomic E-state index is 14.5. The van der Waals surface area contributed by atoms with Gasteiger partial charge in [-0.1, -0.05) is 19.9 Å². The molecule has 3 rings (SSSR count). The van der Waals surface area contributed by atoms with Gasteiger partial charge in [-0.15, -0.1) is 0 Å². The molecule has 0 spiro atoms. The third-order valence-corrected chi connectivity index (χ3v) is 6.82. The topological polar surface area (TPSA) is 60.6 Å². The predicted octanol–water partition coefficient (Wildman–Crippen LogP) is 5.53. The van der Waals surface area contributed by atoms with Crippen LogP contribution in [0.25, 0.3) is 0 Å². The zero-order chi connectivity index (χ0) is 25.6. The van der Waals surface area contributed by atoms with Crippen molar-refractivity contribution in [1.82, 2.24) is 4.98 Å². The zero-order valence-corrected chi connectivity index (χ0v) is 19.8. The molecule has 0 radical (unpaired) electrons. The van der Waals surface area contributed by atoms with E-state index in [9.17, 15) is 26.7 Å². The molecule has 34 heavy (non-hydrogen) atoms. The van der Waals surface area contributed by atoms with Crippen molar-refractivity contribution in [2.45, 2.75) is 57.4 Å². The molecule has 1 aromatic heterocycles. The van der Waals surface area contributed by atoms with E-state index in [1.165, 1.54) is 26.2 Å². The molecule has 10 heteroatoms. The number of halogens is 5. The average Bonchev–Trinajstić information content (AvgIpc) is 3.01. The van der Waals surface area contributed by atoms with Crippen molar-refractivity contribution in [3.05, 3.63) is 62.6 Å². The number of alkyl halides is 3. The molecule has 1 fully saturated rings. The SMILES string of the molecule is COC[C@@H](C)c1c(C)[nH]c([C@@H]2O[C@@](C)(C(F)(F)F)[C@@H](C)[C@H]2c2ccc(F)c(F)c2OC)cc1=O. The lowest BCUT2D eigenvalue weighted by atomic mass is 9.76. The number of pyridine rings is 1. The first-order chi connectivity index (χ1) is 15.8. The Kier molecular flexibility index (Phi) is 7.15. The summed E-state index contributed by atoms with van der Waals surface area (Å²) in [5.74, 6) is -5.58. The number of aromatic nitrogens is 1. The van der Waals surface area contributed by atoms with Crippen LogP contribution in [0.15, 0.2) is 23.0 Å². The number of benzene rings is 1. The van der Waals surface area contributed by atoms with Gasteiger partial charge in [0, 0.05) is 53.4 Å². The summed E-state index contributed by atoms with van der Waals surface area (Å²) in [5, 5.41) is 0. The molecular weight excluding hydrogens is 461 g/mol. The van der Waals surface area contributed by atoms with Crippen LogP contribution in [0.5, 0.6) is 5.75 Å². The first-order valence-corrected chi connectivity index (χ1v) is 10.8. The smallest absolute Gasteiger partial charge is 0.417 e. The molecule has 1 aromatic carbocycles. The molecule has 1 saturated heterocycles. The quantitative estimate of drug-likeness (QED) is 0.542. The molecular formula is C24H28F5NO4. The Morgan fingerprint density at radius 2 is 1.88 bits per heavy atom. The standard InChI is InChI=1S/C24H28F5NO4/c1-11(10-32-5)18-13(3)30-16(9-17(18)31)22-19(12(2)23(4,34-22)24(27,28)29)14-7-8-15(25)20(26)21(14)33-6/h7-9,11-12,19,22H,10H2,1-6H3,(H,30,31)/t11-,12+,19+,22+,23-/m1/s1. The molecule has 0 unspecified atom stereocenters. The Morgan fingerprint density at radius 1 is 1.24 bits per heavy atom. The summed E-state index contributed by atoms with van der Waals surface area (Å²) in [6.45, 7) is 5.96. The highest BCUT2D eigenvalue weighted by Gasteiger charge is 2.65. The van der Waals surface area contributed by atoms with Gasteiger partial charge in [0.2, 0.25) is 5.82 Å². The number of ether oxygens (including phenoxy) is 3. The van der Waals surface area contributed by atoms with E-state index < -0.39 is 47.1 Å². The number of hydrogen-bond acceptors (Lipinski definition) is 4. The van der Waals surface area contributed by atoms with Gasteiger partial charge in [0.05, 0.1) is 13.7 Å². The van der Waals surface area contributed by atoms with E-state index >= 15 is 0 Å². The van der Waals surface area contributed by atoms with Gasteiger partial charge in [0.1, 0.15) is 6.10 Å². The van der Waals surface area contributed by atoms with Gasteiger partial charge < -0.3 is 19.2 Å². The Hall–Kier alpha value is -2.46. The van der Waals surface area contributed by atoms with Gasteiger partial charge in [-0.3, -0.25) is 4.79 Å². The molecule has 0 bridgehead atoms. The minimum absolute atomic E-state index is 0.0159. The first kappa shape index (κ1) is 26.2. The molecule has 1 aliphatic rings. The number of nitrogens with one attached hydrogen (secondary N) is 1. The van der Waals surface area contributed by atoms with Crippen LogP contribution in [0.2, 0.25) is 0 Å². The van der Waals surface area contributed by atoms with Gasteiger partial charge >= 0.3 is 6.18 Å². The summed E-state index contributed by atoms with van der Waals surface area (Å²) in [4.78, 5) is 16.0. The van der Waals surface area contributed by atoms with Crippen molar-refractivity contribution in [2.24, 2.45) is 5.92 Å². The third kappa shape index (κ3) is 4.22. The second-order valence-electron chi connectivity index (χ2n) is 8.93. The summed E-state index contributed by atoms with van der Waals surface area (Å²) in [7, 11) is 2.61. The van der Waals surface area contributed by atoms with Gasteiger partial charge in [0.15, 0.2) is 22.6 Å². The van der Waals surface area contributed by atoms with Crippen molar-refractivity contribution in [3.63, 3.8) is 0 Å². The van der Waals surface area contributed by atoms with E-state index in [0.29, 0.717) is 11.3 Å². The molecule has 1 N–H and O–H groups in total. The van der Waals surface area contributed by atoms with Crippen molar-refractivity contribution in [1.29, 1.82) is 0 Å². The molecule has 1 aliphatic heterocycles. The summed E-state index contributed by atoms with van der Waals surface area (Å²) in [5.41, 5.74) is -1.99. The van der Waals surface area contributed by atoms with Crippen molar-refractivity contribution in [3.8, 4) is 5.75 Å². The Balaban J connectivity index is 2.22. The van der Waals surface area contributed by atoms with Crippen LogP contribution in [0.1, 0.15) is 61.2 Å². The Morgan fingerprint density at radius 3 is 2.41 bits per heavy atom. The minimum atomic E-state index is -4.77. The van der Waals surface area contributed by atoms with E-state index in [-0.39, 0.29) is 29.2 Å². The minimum Gasteiger partial charge on any atom is -0.493 e. The molecule has 5 atom stereocenters. The molecule has 0 amide bonds. The molecule has 2 heterocycles. The fraction of sp³-hybridized carbons (Fsp3) is 0.542. The monoisotopic (exact) mass is 489 g/mol. The maximum Gasteiger partial charge on any atom is 0.417 e. The van der Waals surface area contributed by atoms with E-state index in [0.717, 1.165) is 20.1 Å². The van der Waals surface area contributed by atoms with Gasteiger partial charge in [-0.05, 0) is 19.9 Å². The van der Waals surface area contributed by atoms with Crippen molar-refractivity contribution in [2.75, 3.05) is 20.8 Å². The fourth-order valence-corrected chi connectivity index (χ4v) is 4.90. The molecule has 0 aliphatic carbocycles. The van der Waals surface area contributed by atoms with Crippen LogP contribution in [-0.2, 0) is 9.47 Å². The lowest BCUT2D eigenvalue weighted by Gasteiger charge is -2.32. The highest BCUT2D eigenvalue weighted by Crippen LogP contribution is 2.59. The van der Waals surface area contributed by atoms with Crippen LogP contribution >= 0.6 is 0 Å². The Labute approximate surface area is 194 Å². The lowest BCUT2D eigenvalue weighted by molar-refractivity contribution is -0.275. The maximum atomic E-state index is 14.5. The molecule has 5 nitrogen and oxygen atoms in total. The lowest BCUT2D eigenvalue weighted by Crippen LogP contribution is -2.46. The molecule has 2 aromatic rings. The van der Waals surface area contributed by atoms with E-state index in [4.69, 9.17) is 14.2 Å². The van der Waals surface area contributed by atoms with E-state index in [1.807, 2.05) is 0 Å². The second-order valence-corrected chi connectivity index (χ2v) is 8.93. The zero-order valence-electron chi connectivity index (χ0n) is 19.8. The van der Waals surface area contributed by atoms with Gasteiger partial charge in [-0.2, -0.15) is 17.6 Å². The van der Waals surface area contributed by atoms with Crippen LogP contribution < -0.4 is 10.2 Å². The summed E-state index contributed by atoms with van der Waals surface area (Å²) in [6, 6.07) is 3.23. The third-order valence-electron chi connectivity index (χ3n) is 6.82. The average molecular weight is 489 g/mol. The normalized spacial score (nSPS) is 26.0. The second kappa shape index (κ2) is 9.30. The number of H-pyrrole nitrogens is 1. The largest absolute Gasteiger partial charge is 0.493 e. The summed E-state index contributed by atoms with van der Waals surface area (Å²) in [6.07, 6.45) is -6.08. The summed E-state index contributed by atoms with van der Waals surface area (Å²) >= 11 is 0. The predicted molar refractivity (Wildman–Crippen MR) is 115 cm³/mol. The number of methoxy groups -OCH3 is 2. The van der Waals surface area contributed by atoms with Crippen molar-refractivity contribution >= 4 is 0 Å². The molecule has 188 valence electrons. The number of aromatic amines is 1. The Bertz CT molecular complexity index is 1120. The van der Waals surface area contributed by atoms with Gasteiger partial charge in [0.25, 0.3) is 0 Å². The van der Waals surface area contributed by atoms with E-state index in [2.05, 4.69) is 4.98 Å². The van der Waals surface area contributed by atoms with Crippen LogP contribution in [-0.4, -0.2) is 37.6 Å². The van der Waals surface area contributed by atoms with Crippen molar-refractivity contribution < 1.29 is 36.2 Å². The van der Waals surface area contributed by atoms with Crippen LogP contribution in [0.3, 0.4) is 0 Å². The summed E-state index contributed by atoms with van der Waals surface area (Å²) < 4.78 is 86.5. The van der Waals surface area contributed by atoms with Crippen LogP contribution in [0.4, 0.5) is 22.0 Å². The fourth-order valence-electron chi connectivity index (χ4n) is 4.90.